The van der Waals surface area contributed by atoms with Crippen LogP contribution in [0.3, 0.4) is 0 Å². The fraction of sp³-hybridized carbons (Fsp3) is 0.143. The van der Waals surface area contributed by atoms with Crippen LogP contribution >= 0.6 is 12.2 Å². The standard InChI is InChI=1S/C14H13F2N3S/c1-8-2-3-18-6-10(8)7-19-13-11(15)4-9(14(17)20)5-12(13)16/h2-6,19H,7H2,1H3,(H2,17,20). The Kier molecular flexibility index (Phi) is 4.24. The van der Waals surface area contributed by atoms with Gasteiger partial charge in [-0.25, -0.2) is 8.78 Å². The van der Waals surface area contributed by atoms with Crippen molar-refractivity contribution in [2.45, 2.75) is 13.5 Å². The van der Waals surface area contributed by atoms with E-state index >= 15 is 0 Å². The summed E-state index contributed by atoms with van der Waals surface area (Å²) in [6.07, 6.45) is 3.32. The number of halogens is 2. The van der Waals surface area contributed by atoms with Crippen molar-refractivity contribution in [3.8, 4) is 0 Å². The van der Waals surface area contributed by atoms with Crippen molar-refractivity contribution in [3.63, 3.8) is 0 Å². The second kappa shape index (κ2) is 5.92. The zero-order valence-corrected chi connectivity index (χ0v) is 11.6. The lowest BCUT2D eigenvalue weighted by molar-refractivity contribution is 0.587. The zero-order valence-electron chi connectivity index (χ0n) is 10.8. The van der Waals surface area contributed by atoms with Gasteiger partial charge in [-0.2, -0.15) is 0 Å². The van der Waals surface area contributed by atoms with Crippen LogP contribution < -0.4 is 11.1 Å². The monoisotopic (exact) mass is 293 g/mol. The number of hydrogen-bond acceptors (Lipinski definition) is 3. The van der Waals surface area contributed by atoms with Gasteiger partial charge in [-0.05, 0) is 36.2 Å². The summed E-state index contributed by atoms with van der Waals surface area (Å²) in [5.74, 6) is -1.45. The summed E-state index contributed by atoms with van der Waals surface area (Å²) >= 11 is 4.70. The minimum absolute atomic E-state index is 0.0440. The van der Waals surface area contributed by atoms with Crippen molar-refractivity contribution in [2.24, 2.45) is 5.73 Å². The number of aryl methyl sites for hydroxylation is 1. The molecule has 2 aromatic rings. The van der Waals surface area contributed by atoms with E-state index in [1.807, 2.05) is 13.0 Å². The van der Waals surface area contributed by atoms with E-state index in [9.17, 15) is 8.78 Å². The van der Waals surface area contributed by atoms with Gasteiger partial charge in [0.05, 0.1) is 0 Å². The smallest absolute Gasteiger partial charge is 0.150 e. The molecule has 0 unspecified atom stereocenters. The summed E-state index contributed by atoms with van der Waals surface area (Å²) in [7, 11) is 0. The van der Waals surface area contributed by atoms with Gasteiger partial charge in [0, 0.05) is 24.5 Å². The number of thiocarbonyl (C=S) groups is 1. The molecule has 0 amide bonds. The molecule has 1 aromatic heterocycles. The Balaban J connectivity index is 2.22. The van der Waals surface area contributed by atoms with E-state index in [4.69, 9.17) is 18.0 Å². The van der Waals surface area contributed by atoms with Crippen LogP contribution in [0.4, 0.5) is 14.5 Å². The lowest BCUT2D eigenvalue weighted by Gasteiger charge is -2.11. The Hall–Kier alpha value is -2.08. The van der Waals surface area contributed by atoms with Crippen LogP contribution in [-0.4, -0.2) is 9.97 Å². The molecule has 1 aromatic carbocycles. The molecule has 0 saturated carbocycles. The molecule has 104 valence electrons. The van der Waals surface area contributed by atoms with E-state index < -0.39 is 11.6 Å². The van der Waals surface area contributed by atoms with E-state index in [2.05, 4.69) is 10.3 Å². The largest absolute Gasteiger partial charge is 0.389 e. The molecule has 20 heavy (non-hydrogen) atoms. The third kappa shape index (κ3) is 3.08. The summed E-state index contributed by atoms with van der Waals surface area (Å²) < 4.78 is 27.7. The lowest BCUT2D eigenvalue weighted by atomic mass is 10.1. The Labute approximate surface area is 120 Å². The first-order valence-electron chi connectivity index (χ1n) is 5.91. The molecule has 3 nitrogen and oxygen atoms in total. The summed E-state index contributed by atoms with van der Waals surface area (Å²) in [6, 6.07) is 4.06. The van der Waals surface area contributed by atoms with Gasteiger partial charge in [0.1, 0.15) is 22.3 Å². The molecule has 0 aliphatic rings. The number of rotatable bonds is 4. The fourth-order valence-electron chi connectivity index (χ4n) is 1.75. The average Bonchev–Trinajstić information content (AvgIpc) is 2.39. The van der Waals surface area contributed by atoms with E-state index in [-0.39, 0.29) is 22.8 Å². The maximum absolute atomic E-state index is 13.8. The third-order valence-electron chi connectivity index (χ3n) is 2.93. The fourth-order valence-corrected chi connectivity index (χ4v) is 1.87. The molecule has 1 heterocycles. The second-order valence-corrected chi connectivity index (χ2v) is 4.77. The quantitative estimate of drug-likeness (QED) is 0.851. The van der Waals surface area contributed by atoms with Crippen LogP contribution in [-0.2, 0) is 6.54 Å². The van der Waals surface area contributed by atoms with Gasteiger partial charge in [0.15, 0.2) is 0 Å². The highest BCUT2D eigenvalue weighted by Crippen LogP contribution is 2.22. The number of nitrogens with zero attached hydrogens (tertiary/aromatic N) is 1. The number of nitrogens with two attached hydrogens (primary N) is 1. The van der Waals surface area contributed by atoms with Gasteiger partial charge >= 0.3 is 0 Å². The summed E-state index contributed by atoms with van der Waals surface area (Å²) in [5.41, 5.74) is 7.18. The number of pyridine rings is 1. The van der Waals surface area contributed by atoms with Crippen LogP contribution in [0, 0.1) is 18.6 Å². The maximum atomic E-state index is 13.8. The van der Waals surface area contributed by atoms with Crippen molar-refractivity contribution in [1.82, 2.24) is 4.98 Å². The lowest BCUT2D eigenvalue weighted by Crippen LogP contribution is -2.12. The van der Waals surface area contributed by atoms with E-state index in [1.54, 1.807) is 12.4 Å². The summed E-state index contributed by atoms with van der Waals surface area (Å²) in [4.78, 5) is 3.93. The van der Waals surface area contributed by atoms with Crippen LogP contribution in [0.1, 0.15) is 16.7 Å². The molecule has 0 fully saturated rings. The molecule has 0 spiro atoms. The highest BCUT2D eigenvalue weighted by molar-refractivity contribution is 7.80. The van der Waals surface area contributed by atoms with Gasteiger partial charge in [-0.15, -0.1) is 0 Å². The maximum Gasteiger partial charge on any atom is 0.150 e. The molecule has 6 heteroatoms. The van der Waals surface area contributed by atoms with Crippen LogP contribution in [0.5, 0.6) is 0 Å². The molecular formula is C14H13F2N3S. The van der Waals surface area contributed by atoms with E-state index in [0.717, 1.165) is 23.3 Å². The Morgan fingerprint density at radius 1 is 1.35 bits per heavy atom. The van der Waals surface area contributed by atoms with Crippen LogP contribution in [0.2, 0.25) is 0 Å². The molecule has 0 aliphatic heterocycles. The Morgan fingerprint density at radius 2 is 2.00 bits per heavy atom. The summed E-state index contributed by atoms with van der Waals surface area (Å²) in [5, 5.41) is 2.73. The molecule has 0 bridgehead atoms. The van der Waals surface area contributed by atoms with Crippen molar-refractivity contribution in [2.75, 3.05) is 5.32 Å². The number of hydrogen-bond donors (Lipinski definition) is 2. The van der Waals surface area contributed by atoms with E-state index in [1.165, 1.54) is 0 Å². The predicted molar refractivity (Wildman–Crippen MR) is 78.5 cm³/mol. The number of nitrogens with one attached hydrogen (secondary N) is 1. The minimum atomic E-state index is -0.727. The minimum Gasteiger partial charge on any atom is -0.389 e. The Morgan fingerprint density at radius 3 is 2.55 bits per heavy atom. The normalized spacial score (nSPS) is 10.3. The predicted octanol–water partition coefficient (Wildman–Crippen LogP) is 2.91. The average molecular weight is 293 g/mol. The highest BCUT2D eigenvalue weighted by Gasteiger charge is 2.12. The number of benzene rings is 1. The van der Waals surface area contributed by atoms with Crippen LogP contribution in [0.15, 0.2) is 30.6 Å². The molecule has 0 atom stereocenters. The van der Waals surface area contributed by atoms with E-state index in [0.29, 0.717) is 0 Å². The highest BCUT2D eigenvalue weighted by atomic mass is 32.1. The number of aromatic nitrogens is 1. The molecule has 3 N–H and O–H groups in total. The first-order chi connectivity index (χ1) is 9.49. The summed E-state index contributed by atoms with van der Waals surface area (Å²) in [6.45, 7) is 2.18. The second-order valence-electron chi connectivity index (χ2n) is 4.33. The van der Waals surface area contributed by atoms with Crippen molar-refractivity contribution < 1.29 is 8.78 Å². The zero-order chi connectivity index (χ0) is 14.7. The molecule has 0 radical (unpaired) electrons. The first kappa shape index (κ1) is 14.3. The van der Waals surface area contributed by atoms with Crippen LogP contribution in [0.25, 0.3) is 0 Å². The van der Waals surface area contributed by atoms with Crippen molar-refractivity contribution in [3.05, 3.63) is 58.9 Å². The Bertz CT molecular complexity index is 636. The molecular weight excluding hydrogens is 280 g/mol. The van der Waals surface area contributed by atoms with Crippen molar-refractivity contribution >= 4 is 22.9 Å². The van der Waals surface area contributed by atoms with Gasteiger partial charge in [-0.1, -0.05) is 12.2 Å². The van der Waals surface area contributed by atoms with Gasteiger partial charge in [0.25, 0.3) is 0 Å². The van der Waals surface area contributed by atoms with Crippen molar-refractivity contribution in [1.29, 1.82) is 0 Å². The third-order valence-corrected chi connectivity index (χ3v) is 3.17. The number of anilines is 1. The molecule has 2 rings (SSSR count). The van der Waals surface area contributed by atoms with Gasteiger partial charge < -0.3 is 11.1 Å². The topological polar surface area (TPSA) is 50.9 Å². The first-order valence-corrected chi connectivity index (χ1v) is 6.32. The SMILES string of the molecule is Cc1ccncc1CNc1c(F)cc(C(N)=S)cc1F. The molecule has 0 aliphatic carbocycles. The van der Waals surface area contributed by atoms with Gasteiger partial charge in [0.2, 0.25) is 0 Å². The molecule has 0 saturated heterocycles. The van der Waals surface area contributed by atoms with Gasteiger partial charge in [-0.3, -0.25) is 4.98 Å².